The highest BCUT2D eigenvalue weighted by atomic mass is 16.3. The molecule has 0 aliphatic heterocycles. The van der Waals surface area contributed by atoms with Gasteiger partial charge in [0.2, 0.25) is 0 Å². The molecule has 4 nitrogen and oxygen atoms in total. The highest BCUT2D eigenvalue weighted by Gasteiger charge is 2.52. The van der Waals surface area contributed by atoms with E-state index in [1.54, 1.807) is 26.0 Å². The molecular formula is C28H32O4. The van der Waals surface area contributed by atoms with Gasteiger partial charge in [-0.05, 0) is 66.4 Å². The van der Waals surface area contributed by atoms with Gasteiger partial charge in [-0.15, -0.1) is 0 Å². The molecule has 32 heavy (non-hydrogen) atoms. The van der Waals surface area contributed by atoms with Gasteiger partial charge in [-0.3, -0.25) is 9.59 Å². The van der Waals surface area contributed by atoms with Crippen LogP contribution in [0, 0.1) is 22.7 Å². The Kier molecular flexibility index (Phi) is 4.16. The lowest BCUT2D eigenvalue weighted by Gasteiger charge is -2.40. The Labute approximate surface area is 189 Å². The highest BCUT2D eigenvalue weighted by Crippen LogP contribution is 2.54. The van der Waals surface area contributed by atoms with Crippen LogP contribution < -0.4 is 0 Å². The maximum Gasteiger partial charge on any atom is 0.189 e. The van der Waals surface area contributed by atoms with Crippen molar-refractivity contribution in [2.45, 2.75) is 65.6 Å². The van der Waals surface area contributed by atoms with Crippen molar-refractivity contribution < 1.29 is 19.8 Å². The molecule has 4 aliphatic carbocycles. The number of carbonyl (C=O) groups excluding carboxylic acids is 2. The van der Waals surface area contributed by atoms with Gasteiger partial charge in [0.1, 0.15) is 0 Å². The molecule has 0 saturated heterocycles. The summed E-state index contributed by atoms with van der Waals surface area (Å²) in [5.41, 5.74) is 0.975. The van der Waals surface area contributed by atoms with Crippen LogP contribution in [0.4, 0.5) is 0 Å². The van der Waals surface area contributed by atoms with Gasteiger partial charge >= 0.3 is 0 Å². The molecule has 0 heterocycles. The second-order valence-electron chi connectivity index (χ2n) is 12.0. The Morgan fingerprint density at radius 3 is 2.00 bits per heavy atom. The lowest BCUT2D eigenvalue weighted by atomic mass is 9.67. The smallest absolute Gasteiger partial charge is 0.189 e. The van der Waals surface area contributed by atoms with E-state index in [4.69, 9.17) is 0 Å². The molecule has 0 spiro atoms. The van der Waals surface area contributed by atoms with Crippen molar-refractivity contribution in [3.05, 3.63) is 64.3 Å². The maximum absolute atomic E-state index is 13.5. The fourth-order valence-electron chi connectivity index (χ4n) is 6.51. The third-order valence-corrected chi connectivity index (χ3v) is 8.15. The Bertz CT molecular complexity index is 1170. The summed E-state index contributed by atoms with van der Waals surface area (Å²) < 4.78 is 0. The number of ketones is 2. The molecule has 4 atom stereocenters. The molecule has 4 aliphatic rings. The van der Waals surface area contributed by atoms with Gasteiger partial charge in [-0.2, -0.15) is 0 Å². The molecule has 0 bridgehead atoms. The second-order valence-corrected chi connectivity index (χ2v) is 12.0. The standard InChI is InChI=1S/C28H32O4/c1-25(2)11-17-21(13-25)28(6,32)20(10-23(17)29)15-7-8-19-16(9-15)24(30)18-12-26(3,4)14-22(18)27(19,5)31/h7-12,21-22,31-32H,13-14H2,1-6H3. The zero-order valence-electron chi connectivity index (χ0n) is 19.7. The van der Waals surface area contributed by atoms with Gasteiger partial charge < -0.3 is 10.2 Å². The number of hydrogen-bond donors (Lipinski definition) is 2. The average molecular weight is 433 g/mol. The van der Waals surface area contributed by atoms with Crippen LogP contribution in [0.25, 0.3) is 5.57 Å². The molecule has 1 aromatic carbocycles. The minimum Gasteiger partial charge on any atom is -0.385 e. The fraction of sp³-hybridized carbons (Fsp3) is 0.500. The van der Waals surface area contributed by atoms with Gasteiger partial charge in [0, 0.05) is 28.5 Å². The van der Waals surface area contributed by atoms with Crippen molar-refractivity contribution in [3.8, 4) is 0 Å². The first-order valence-corrected chi connectivity index (χ1v) is 11.5. The van der Waals surface area contributed by atoms with Crippen molar-refractivity contribution in [2.24, 2.45) is 22.7 Å². The van der Waals surface area contributed by atoms with E-state index in [-0.39, 0.29) is 34.2 Å². The topological polar surface area (TPSA) is 74.6 Å². The summed E-state index contributed by atoms with van der Waals surface area (Å²) in [4.78, 5) is 26.4. The quantitative estimate of drug-likeness (QED) is 0.671. The van der Waals surface area contributed by atoms with E-state index in [0.717, 1.165) is 6.42 Å². The van der Waals surface area contributed by atoms with Crippen LogP contribution >= 0.6 is 0 Å². The van der Waals surface area contributed by atoms with Crippen LogP contribution in [-0.2, 0) is 10.4 Å². The Balaban J connectivity index is 1.63. The van der Waals surface area contributed by atoms with E-state index >= 15 is 0 Å². The Morgan fingerprint density at radius 1 is 0.812 bits per heavy atom. The maximum atomic E-state index is 13.5. The fourth-order valence-corrected chi connectivity index (χ4v) is 6.51. The normalized spacial score (nSPS) is 36.7. The third-order valence-electron chi connectivity index (χ3n) is 8.15. The molecule has 0 radical (unpaired) electrons. The summed E-state index contributed by atoms with van der Waals surface area (Å²) in [7, 11) is 0. The molecule has 0 amide bonds. The molecule has 2 N–H and O–H groups in total. The molecule has 0 fully saturated rings. The second kappa shape index (κ2) is 6.18. The summed E-state index contributed by atoms with van der Waals surface area (Å²) in [5, 5.41) is 23.0. The predicted molar refractivity (Wildman–Crippen MR) is 124 cm³/mol. The minimum absolute atomic E-state index is 0.0612. The molecule has 0 aromatic heterocycles. The summed E-state index contributed by atoms with van der Waals surface area (Å²) >= 11 is 0. The van der Waals surface area contributed by atoms with Crippen LogP contribution in [0.15, 0.2) is 47.6 Å². The number of benzene rings is 1. The van der Waals surface area contributed by atoms with E-state index < -0.39 is 11.2 Å². The zero-order valence-corrected chi connectivity index (χ0v) is 19.7. The summed E-state index contributed by atoms with van der Waals surface area (Å²) in [6.07, 6.45) is 6.94. The highest BCUT2D eigenvalue weighted by molar-refractivity contribution is 6.14. The zero-order chi connectivity index (χ0) is 23.4. The lowest BCUT2D eigenvalue weighted by molar-refractivity contribution is -0.113. The monoisotopic (exact) mass is 432 g/mol. The number of rotatable bonds is 1. The van der Waals surface area contributed by atoms with Gasteiger partial charge in [0.15, 0.2) is 11.6 Å². The predicted octanol–water partition coefficient (Wildman–Crippen LogP) is 4.75. The van der Waals surface area contributed by atoms with Crippen LogP contribution in [0.5, 0.6) is 0 Å². The van der Waals surface area contributed by atoms with Gasteiger partial charge in [0.25, 0.3) is 0 Å². The van der Waals surface area contributed by atoms with E-state index in [1.165, 1.54) is 6.08 Å². The van der Waals surface area contributed by atoms with Crippen molar-refractivity contribution in [1.29, 1.82) is 0 Å². The number of fused-ring (bicyclic) bond motifs is 3. The molecule has 4 heteroatoms. The summed E-state index contributed by atoms with van der Waals surface area (Å²) in [6.45, 7) is 11.9. The number of hydrogen-bond acceptors (Lipinski definition) is 4. The van der Waals surface area contributed by atoms with Gasteiger partial charge in [-0.25, -0.2) is 0 Å². The molecule has 1 aromatic rings. The largest absolute Gasteiger partial charge is 0.385 e. The van der Waals surface area contributed by atoms with Crippen molar-refractivity contribution >= 4 is 17.1 Å². The number of carbonyl (C=O) groups is 2. The third kappa shape index (κ3) is 2.89. The van der Waals surface area contributed by atoms with E-state index in [2.05, 4.69) is 27.7 Å². The molecule has 4 unspecified atom stereocenters. The van der Waals surface area contributed by atoms with Crippen LogP contribution in [0.3, 0.4) is 0 Å². The van der Waals surface area contributed by atoms with E-state index in [9.17, 15) is 19.8 Å². The SMILES string of the molecule is CC1(C)C=C2C(=O)C=C(c3ccc4c(c3)C(=O)C3=CC(C)(C)CC3C4(C)O)C(C)(O)C2C1. The first kappa shape index (κ1) is 21.5. The number of aliphatic hydroxyl groups is 2. The molecular weight excluding hydrogens is 400 g/mol. The Morgan fingerprint density at radius 2 is 1.38 bits per heavy atom. The van der Waals surface area contributed by atoms with E-state index in [1.807, 2.05) is 18.2 Å². The number of Topliss-reactive ketones (excluding diaryl/α,β-unsaturated/α-hetero) is 1. The molecule has 0 saturated carbocycles. The summed E-state index contributed by atoms with van der Waals surface area (Å²) in [5.74, 6) is -0.634. The summed E-state index contributed by atoms with van der Waals surface area (Å²) in [6, 6.07) is 5.39. The van der Waals surface area contributed by atoms with Crippen molar-refractivity contribution in [3.63, 3.8) is 0 Å². The van der Waals surface area contributed by atoms with Crippen LogP contribution in [0.1, 0.15) is 75.9 Å². The molecule has 5 rings (SSSR count). The number of allylic oxidation sites excluding steroid dienone is 3. The lowest BCUT2D eigenvalue weighted by Crippen LogP contribution is -2.42. The average Bonchev–Trinajstić information content (AvgIpc) is 3.20. The first-order valence-electron chi connectivity index (χ1n) is 11.5. The van der Waals surface area contributed by atoms with Crippen molar-refractivity contribution in [1.82, 2.24) is 0 Å². The van der Waals surface area contributed by atoms with Crippen molar-refractivity contribution in [2.75, 3.05) is 0 Å². The molecule has 168 valence electrons. The Hall–Kier alpha value is -2.30. The van der Waals surface area contributed by atoms with Gasteiger partial charge in [0.05, 0.1) is 11.2 Å². The van der Waals surface area contributed by atoms with Gasteiger partial charge in [-0.1, -0.05) is 52.0 Å². The first-order chi connectivity index (χ1) is 14.6. The van der Waals surface area contributed by atoms with E-state index in [0.29, 0.717) is 39.8 Å². The minimum atomic E-state index is -1.22. The van der Waals surface area contributed by atoms with Crippen LogP contribution in [-0.4, -0.2) is 27.4 Å². The van der Waals surface area contributed by atoms with Crippen LogP contribution in [0.2, 0.25) is 0 Å².